The van der Waals surface area contributed by atoms with Crippen LogP contribution >= 0.6 is 0 Å². The summed E-state index contributed by atoms with van der Waals surface area (Å²) in [5, 5.41) is 10.7. The molecule has 1 saturated heterocycles. The lowest BCUT2D eigenvalue weighted by Gasteiger charge is -2.44. The van der Waals surface area contributed by atoms with E-state index in [1.807, 2.05) is 0 Å². The molecule has 2 aliphatic heterocycles. The molecule has 0 aromatic heterocycles. The van der Waals surface area contributed by atoms with Gasteiger partial charge < -0.3 is 39.0 Å². The van der Waals surface area contributed by atoms with E-state index in [4.69, 9.17) is 33.5 Å². The van der Waals surface area contributed by atoms with Crippen LogP contribution in [-0.2, 0) is 47.6 Å². The van der Waals surface area contributed by atoms with E-state index in [1.165, 1.54) is 6.92 Å². The molecular weight excluding hydrogens is 446 g/mol. The average Bonchev–Trinajstić information content (AvgIpc) is 3.17. The molecule has 0 spiro atoms. The lowest BCUT2D eigenvalue weighted by atomic mass is 9.98. The molecule has 2 heterocycles. The summed E-state index contributed by atoms with van der Waals surface area (Å²) >= 11 is 0. The predicted octanol–water partition coefficient (Wildman–Crippen LogP) is -1.76. The molecule has 2 aliphatic rings. The largest absolute Gasteiger partial charge is 0.463 e. The second-order valence-corrected chi connectivity index (χ2v) is 7.18. The van der Waals surface area contributed by atoms with E-state index in [0.717, 1.165) is 20.8 Å². The third-order valence-electron chi connectivity index (χ3n) is 4.40. The highest BCUT2D eigenvalue weighted by molar-refractivity contribution is 5.68. The molecule has 186 valence electrons. The van der Waals surface area contributed by atoms with Gasteiger partial charge in [-0.25, -0.2) is 0 Å². The standard InChI is InChI=1S/C19H29N3O11/c1-10(24)29-9-15-16(30-11(2)25)17(31-12(3)26)18(32-13(4)27)19(33-15)28-6-5-22-7-14(8-23)20-21-22/h7,15-21,23H,5-6,8-9H2,1-4H3/t15?,16-,17?,18-,19-/m1/s1. The summed E-state index contributed by atoms with van der Waals surface area (Å²) in [6.07, 6.45) is -4.51. The molecule has 0 amide bonds. The number of hydrogen-bond acceptors (Lipinski definition) is 14. The van der Waals surface area contributed by atoms with Crippen molar-refractivity contribution in [3.05, 3.63) is 11.9 Å². The lowest BCUT2D eigenvalue weighted by Crippen LogP contribution is -2.63. The number of carbonyl (C=O) groups is 4. The van der Waals surface area contributed by atoms with Gasteiger partial charge in [0, 0.05) is 33.9 Å². The van der Waals surface area contributed by atoms with Crippen LogP contribution in [0, 0.1) is 0 Å². The fourth-order valence-corrected chi connectivity index (χ4v) is 3.19. The van der Waals surface area contributed by atoms with Crippen LogP contribution in [0.2, 0.25) is 0 Å². The number of nitrogens with one attached hydrogen (secondary N) is 2. The molecule has 0 aliphatic carbocycles. The van der Waals surface area contributed by atoms with E-state index in [1.54, 1.807) is 11.2 Å². The van der Waals surface area contributed by atoms with Gasteiger partial charge in [-0.15, -0.1) is 5.53 Å². The van der Waals surface area contributed by atoms with Gasteiger partial charge in [0.05, 0.1) is 25.5 Å². The minimum atomic E-state index is -1.29. The molecule has 2 unspecified atom stereocenters. The zero-order valence-electron chi connectivity index (χ0n) is 18.8. The smallest absolute Gasteiger partial charge is 0.303 e. The summed E-state index contributed by atoms with van der Waals surface area (Å²) in [4.78, 5) is 46.6. The zero-order valence-corrected chi connectivity index (χ0v) is 18.8. The van der Waals surface area contributed by atoms with Gasteiger partial charge in [-0.3, -0.25) is 24.2 Å². The molecular formula is C19H29N3O11. The van der Waals surface area contributed by atoms with Gasteiger partial charge in [-0.1, -0.05) is 0 Å². The lowest BCUT2D eigenvalue weighted by molar-refractivity contribution is -0.308. The van der Waals surface area contributed by atoms with Crippen LogP contribution in [0.25, 0.3) is 0 Å². The molecule has 0 aromatic rings. The second kappa shape index (κ2) is 12.3. The summed E-state index contributed by atoms with van der Waals surface area (Å²) in [6, 6.07) is 0. The van der Waals surface area contributed by atoms with E-state index in [2.05, 4.69) is 11.0 Å². The Bertz CT molecular complexity index is 759. The Hall–Kier alpha value is -2.94. The van der Waals surface area contributed by atoms with Gasteiger partial charge in [-0.2, -0.15) is 0 Å². The first kappa shape index (κ1) is 26.3. The van der Waals surface area contributed by atoms with E-state index in [9.17, 15) is 19.2 Å². The second-order valence-electron chi connectivity index (χ2n) is 7.18. The fourth-order valence-electron chi connectivity index (χ4n) is 3.19. The predicted molar refractivity (Wildman–Crippen MR) is 106 cm³/mol. The first-order chi connectivity index (χ1) is 15.6. The van der Waals surface area contributed by atoms with Gasteiger partial charge in [0.25, 0.3) is 0 Å². The molecule has 0 aromatic carbocycles. The Balaban J connectivity index is 2.23. The maximum atomic E-state index is 11.8. The molecule has 0 radical (unpaired) electrons. The summed E-state index contributed by atoms with van der Waals surface area (Å²) in [5.41, 5.74) is 6.07. The summed E-state index contributed by atoms with van der Waals surface area (Å²) < 4.78 is 32.5. The van der Waals surface area contributed by atoms with Crippen LogP contribution in [0.4, 0.5) is 0 Å². The Morgan fingerprint density at radius 1 is 0.970 bits per heavy atom. The van der Waals surface area contributed by atoms with Crippen LogP contribution in [0.1, 0.15) is 27.7 Å². The number of esters is 4. The summed E-state index contributed by atoms with van der Waals surface area (Å²) in [6.45, 7) is 4.41. The highest BCUT2D eigenvalue weighted by Crippen LogP contribution is 2.30. The van der Waals surface area contributed by atoms with Crippen molar-refractivity contribution >= 4 is 23.9 Å². The number of hydrazine groups is 2. The monoisotopic (exact) mass is 475 g/mol. The number of hydrogen-bond donors (Lipinski definition) is 3. The van der Waals surface area contributed by atoms with Crippen molar-refractivity contribution in [3.63, 3.8) is 0 Å². The van der Waals surface area contributed by atoms with Crippen molar-refractivity contribution in [2.24, 2.45) is 0 Å². The zero-order chi connectivity index (χ0) is 24.5. The molecule has 14 heteroatoms. The minimum Gasteiger partial charge on any atom is -0.463 e. The fraction of sp³-hybridized carbons (Fsp3) is 0.684. The maximum Gasteiger partial charge on any atom is 0.303 e. The van der Waals surface area contributed by atoms with Crippen molar-refractivity contribution in [2.75, 3.05) is 26.4 Å². The van der Waals surface area contributed by atoms with Crippen LogP contribution < -0.4 is 11.0 Å². The first-order valence-corrected chi connectivity index (χ1v) is 10.1. The third kappa shape index (κ3) is 8.16. The number of nitrogens with zero attached hydrogens (tertiary/aromatic N) is 1. The van der Waals surface area contributed by atoms with Crippen LogP contribution in [-0.4, -0.2) is 91.1 Å². The molecule has 5 atom stereocenters. The Morgan fingerprint density at radius 2 is 1.58 bits per heavy atom. The molecule has 14 nitrogen and oxygen atoms in total. The van der Waals surface area contributed by atoms with Crippen LogP contribution in [0.3, 0.4) is 0 Å². The van der Waals surface area contributed by atoms with Crippen molar-refractivity contribution in [1.82, 2.24) is 16.0 Å². The summed E-state index contributed by atoms with van der Waals surface area (Å²) in [5.74, 6) is -2.76. The number of ether oxygens (including phenoxy) is 6. The number of carbonyl (C=O) groups excluding carboxylic acids is 4. The van der Waals surface area contributed by atoms with E-state index in [0.29, 0.717) is 5.70 Å². The van der Waals surface area contributed by atoms with Crippen LogP contribution in [0.5, 0.6) is 0 Å². The molecule has 3 N–H and O–H groups in total. The molecule has 0 saturated carbocycles. The van der Waals surface area contributed by atoms with Crippen molar-refractivity contribution < 1.29 is 52.7 Å². The van der Waals surface area contributed by atoms with Gasteiger partial charge >= 0.3 is 23.9 Å². The van der Waals surface area contributed by atoms with E-state index in [-0.39, 0.29) is 26.4 Å². The Morgan fingerprint density at radius 3 is 2.12 bits per heavy atom. The Labute approximate surface area is 190 Å². The topological polar surface area (TPSA) is 171 Å². The highest BCUT2D eigenvalue weighted by Gasteiger charge is 2.52. The molecule has 33 heavy (non-hydrogen) atoms. The number of aliphatic hydroxyl groups is 1. The van der Waals surface area contributed by atoms with Gasteiger partial charge in [0.15, 0.2) is 24.6 Å². The first-order valence-electron chi connectivity index (χ1n) is 10.1. The molecule has 2 rings (SSSR count). The van der Waals surface area contributed by atoms with E-state index >= 15 is 0 Å². The van der Waals surface area contributed by atoms with Gasteiger partial charge in [-0.05, 0) is 0 Å². The Kier molecular flexibility index (Phi) is 9.84. The average molecular weight is 475 g/mol. The van der Waals surface area contributed by atoms with Crippen molar-refractivity contribution in [2.45, 2.75) is 58.4 Å². The minimum absolute atomic E-state index is 0.0393. The summed E-state index contributed by atoms with van der Waals surface area (Å²) in [7, 11) is 0. The normalized spacial score (nSPS) is 26.6. The maximum absolute atomic E-state index is 11.8. The highest BCUT2D eigenvalue weighted by atomic mass is 16.7. The van der Waals surface area contributed by atoms with E-state index < -0.39 is 54.6 Å². The van der Waals surface area contributed by atoms with Gasteiger partial charge in [0.1, 0.15) is 12.7 Å². The van der Waals surface area contributed by atoms with Crippen molar-refractivity contribution in [1.29, 1.82) is 0 Å². The van der Waals surface area contributed by atoms with Crippen molar-refractivity contribution in [3.8, 4) is 0 Å². The quantitative estimate of drug-likeness (QED) is 0.240. The molecule has 0 bridgehead atoms. The number of rotatable bonds is 10. The SMILES string of the molecule is CC(=O)OCC1O[C@@H](OCCN2C=C(CO)NN2)[C@H](OC(C)=O)C(OC(C)=O)[C@@H]1OC(C)=O. The third-order valence-corrected chi connectivity index (χ3v) is 4.40. The molecule has 1 fully saturated rings. The van der Waals surface area contributed by atoms with Gasteiger partial charge in [0.2, 0.25) is 0 Å². The number of aliphatic hydroxyl groups excluding tert-OH is 1. The van der Waals surface area contributed by atoms with Crippen LogP contribution in [0.15, 0.2) is 11.9 Å².